The summed E-state index contributed by atoms with van der Waals surface area (Å²) in [6, 6.07) is 51.3. The monoisotopic (exact) mass is 469 g/mol. The minimum Gasteiger partial charge on any atom is -0.253 e. The Balaban J connectivity index is 1.82. The zero-order valence-corrected chi connectivity index (χ0v) is 20.7. The number of allylic oxidation sites excluding steroid dienone is 1. The molecule has 0 saturated carbocycles. The van der Waals surface area contributed by atoms with Crippen LogP contribution < -0.4 is 15.9 Å². The van der Waals surface area contributed by atoms with E-state index >= 15 is 0 Å². The van der Waals surface area contributed by atoms with Crippen LogP contribution in [0.3, 0.4) is 0 Å². The fraction of sp³-hybridized carbons (Fsp3) is 0.0303. The van der Waals surface area contributed by atoms with Gasteiger partial charge in [0.15, 0.2) is 0 Å². The summed E-state index contributed by atoms with van der Waals surface area (Å²) in [5.74, 6) is 0. The molecule has 2 heteroatoms. The van der Waals surface area contributed by atoms with Crippen molar-refractivity contribution in [2.24, 2.45) is 4.74 Å². The smallest absolute Gasteiger partial charge is 0.0697 e. The molecule has 0 aliphatic heterocycles. The van der Waals surface area contributed by atoms with E-state index in [4.69, 9.17) is 4.74 Å². The third-order valence-electron chi connectivity index (χ3n) is 6.19. The number of hydrogen-bond acceptors (Lipinski definition) is 1. The van der Waals surface area contributed by atoms with E-state index in [9.17, 15) is 0 Å². The minimum atomic E-state index is -2.32. The number of rotatable bonds is 6. The minimum absolute atomic E-state index is 1.01. The molecule has 0 saturated heterocycles. The topological polar surface area (TPSA) is 12.4 Å². The van der Waals surface area contributed by atoms with Crippen molar-refractivity contribution in [1.29, 1.82) is 0 Å². The summed E-state index contributed by atoms with van der Waals surface area (Å²) >= 11 is 0. The molecule has 0 aliphatic carbocycles. The first-order chi connectivity index (χ1) is 17.3. The van der Waals surface area contributed by atoms with Crippen LogP contribution >= 0.6 is 7.05 Å². The fourth-order valence-corrected chi connectivity index (χ4v) is 7.99. The first kappa shape index (κ1) is 22.8. The van der Waals surface area contributed by atoms with Crippen molar-refractivity contribution in [3.63, 3.8) is 0 Å². The summed E-state index contributed by atoms with van der Waals surface area (Å²) in [4.78, 5) is 0. The van der Waals surface area contributed by atoms with Crippen molar-refractivity contribution in [3.8, 4) is 0 Å². The second-order valence-electron chi connectivity index (χ2n) is 8.49. The SMILES string of the molecule is CC(=Cc1ccccc1N=P(c1ccccc1)(c1ccccc1)c1ccccc1)c1ccccc1. The molecule has 35 heavy (non-hydrogen) atoms. The van der Waals surface area contributed by atoms with Crippen LogP contribution in [0.4, 0.5) is 5.69 Å². The van der Waals surface area contributed by atoms with Crippen molar-refractivity contribution in [2.75, 3.05) is 0 Å². The zero-order valence-electron chi connectivity index (χ0n) is 19.8. The highest BCUT2D eigenvalue weighted by Gasteiger charge is 2.27. The molecule has 0 radical (unpaired) electrons. The van der Waals surface area contributed by atoms with Crippen molar-refractivity contribution < 1.29 is 0 Å². The summed E-state index contributed by atoms with van der Waals surface area (Å²) in [6.07, 6.45) is 2.25. The van der Waals surface area contributed by atoms with Crippen LogP contribution in [0.5, 0.6) is 0 Å². The first-order valence-electron chi connectivity index (χ1n) is 11.9. The van der Waals surface area contributed by atoms with Gasteiger partial charge >= 0.3 is 0 Å². The van der Waals surface area contributed by atoms with Crippen molar-refractivity contribution >= 4 is 40.3 Å². The van der Waals surface area contributed by atoms with Gasteiger partial charge in [0.05, 0.1) is 12.7 Å². The largest absolute Gasteiger partial charge is 0.253 e. The van der Waals surface area contributed by atoms with E-state index in [1.807, 2.05) is 0 Å². The second-order valence-corrected chi connectivity index (χ2v) is 11.5. The van der Waals surface area contributed by atoms with Gasteiger partial charge in [-0.05, 0) is 30.2 Å². The van der Waals surface area contributed by atoms with Gasteiger partial charge in [-0.1, -0.05) is 140 Å². The Hall–Kier alpha value is -3.93. The van der Waals surface area contributed by atoms with Crippen LogP contribution in [0.25, 0.3) is 11.6 Å². The third kappa shape index (κ3) is 4.83. The Kier molecular flexibility index (Phi) is 6.89. The molecule has 0 atom stereocenters. The molecule has 5 rings (SSSR count). The zero-order chi connectivity index (χ0) is 23.9. The number of hydrogen-bond donors (Lipinski definition) is 0. The maximum atomic E-state index is 5.71. The van der Waals surface area contributed by atoms with E-state index < -0.39 is 7.05 Å². The quantitative estimate of drug-likeness (QED) is 0.176. The average Bonchev–Trinajstić information content (AvgIpc) is 2.94. The molecule has 5 aromatic carbocycles. The molecule has 0 amide bonds. The lowest BCUT2D eigenvalue weighted by Crippen LogP contribution is -2.25. The van der Waals surface area contributed by atoms with Gasteiger partial charge in [0, 0.05) is 21.5 Å². The summed E-state index contributed by atoms with van der Waals surface area (Å²) in [5.41, 5.74) is 4.57. The summed E-state index contributed by atoms with van der Waals surface area (Å²) in [5, 5.41) is 3.74. The van der Waals surface area contributed by atoms with Crippen LogP contribution in [0.15, 0.2) is 150 Å². The summed E-state index contributed by atoms with van der Waals surface area (Å²) < 4.78 is 5.71. The van der Waals surface area contributed by atoms with Gasteiger partial charge in [-0.2, -0.15) is 0 Å². The maximum Gasteiger partial charge on any atom is 0.0697 e. The molecule has 0 aromatic heterocycles. The lowest BCUT2D eigenvalue weighted by atomic mass is 10.0. The number of nitrogens with zero attached hydrogens (tertiary/aromatic N) is 1. The highest BCUT2D eigenvalue weighted by atomic mass is 31.2. The summed E-state index contributed by atoms with van der Waals surface area (Å²) in [6.45, 7) is 2.17. The molecule has 5 aromatic rings. The highest BCUT2D eigenvalue weighted by molar-refractivity contribution is 7.87. The molecular formula is C33H28NP. The highest BCUT2D eigenvalue weighted by Crippen LogP contribution is 2.49. The third-order valence-corrected chi connectivity index (χ3v) is 9.84. The van der Waals surface area contributed by atoms with Gasteiger partial charge in [0.2, 0.25) is 0 Å². The van der Waals surface area contributed by atoms with Crippen molar-refractivity contribution in [2.45, 2.75) is 6.92 Å². The van der Waals surface area contributed by atoms with Crippen LogP contribution in [-0.2, 0) is 0 Å². The Morgan fingerprint density at radius 3 is 1.40 bits per heavy atom. The average molecular weight is 470 g/mol. The molecule has 170 valence electrons. The Bertz CT molecular complexity index is 1370. The molecular weight excluding hydrogens is 441 g/mol. The molecule has 0 spiro atoms. The lowest BCUT2D eigenvalue weighted by Gasteiger charge is -2.27. The van der Waals surface area contributed by atoms with E-state index in [-0.39, 0.29) is 0 Å². The van der Waals surface area contributed by atoms with Crippen LogP contribution in [0, 0.1) is 0 Å². The van der Waals surface area contributed by atoms with Gasteiger partial charge in [-0.25, -0.2) is 0 Å². The second kappa shape index (κ2) is 10.6. The Morgan fingerprint density at radius 1 is 0.514 bits per heavy atom. The standard InChI is InChI=1S/C33H28NP/c1-27(28-16-6-2-7-17-28)26-29-18-14-15-25-33(29)34-35(30-19-8-3-9-20-30,31-21-10-4-11-22-31)32-23-12-5-13-24-32/h2-26H,1H3. The molecule has 0 N–H and O–H groups in total. The predicted molar refractivity (Wildman–Crippen MR) is 154 cm³/mol. The molecule has 0 fully saturated rings. The maximum absolute atomic E-state index is 5.71. The van der Waals surface area contributed by atoms with Gasteiger partial charge in [0.1, 0.15) is 0 Å². The first-order valence-corrected chi connectivity index (χ1v) is 13.6. The van der Waals surface area contributed by atoms with Crippen molar-refractivity contribution in [3.05, 3.63) is 157 Å². The van der Waals surface area contributed by atoms with Crippen LogP contribution in [-0.4, -0.2) is 0 Å². The molecule has 0 bridgehead atoms. The number of benzene rings is 5. The van der Waals surface area contributed by atoms with E-state index in [2.05, 4.69) is 159 Å². The fourth-order valence-electron chi connectivity index (χ4n) is 4.43. The van der Waals surface area contributed by atoms with Crippen LogP contribution in [0.2, 0.25) is 0 Å². The molecule has 0 unspecified atom stereocenters. The molecule has 0 aliphatic rings. The Labute approximate surface area is 208 Å². The van der Waals surface area contributed by atoms with E-state index in [0.29, 0.717) is 0 Å². The lowest BCUT2D eigenvalue weighted by molar-refractivity contribution is 1.51. The van der Waals surface area contributed by atoms with E-state index in [1.165, 1.54) is 27.1 Å². The van der Waals surface area contributed by atoms with Gasteiger partial charge in [-0.3, -0.25) is 4.74 Å². The normalized spacial score (nSPS) is 11.7. The Morgan fingerprint density at radius 2 is 0.914 bits per heavy atom. The summed E-state index contributed by atoms with van der Waals surface area (Å²) in [7, 11) is -2.32. The van der Waals surface area contributed by atoms with Gasteiger partial charge in [0.25, 0.3) is 0 Å². The molecule has 0 heterocycles. The van der Waals surface area contributed by atoms with E-state index in [1.54, 1.807) is 0 Å². The van der Waals surface area contributed by atoms with Gasteiger partial charge < -0.3 is 0 Å². The van der Waals surface area contributed by atoms with E-state index in [0.717, 1.165) is 11.3 Å². The van der Waals surface area contributed by atoms with Gasteiger partial charge in [-0.15, -0.1) is 0 Å². The van der Waals surface area contributed by atoms with Crippen LogP contribution in [0.1, 0.15) is 18.1 Å². The predicted octanol–water partition coefficient (Wildman–Crippen LogP) is 8.06. The van der Waals surface area contributed by atoms with Crippen molar-refractivity contribution in [1.82, 2.24) is 0 Å². The molecule has 1 nitrogen and oxygen atoms in total.